The average molecular weight is 429 g/mol. The fraction of sp³-hybridized carbons (Fsp3) is 0.609. The highest BCUT2D eigenvalue weighted by Gasteiger charge is 2.52. The maximum atomic E-state index is 13.3. The lowest BCUT2D eigenvalue weighted by Crippen LogP contribution is -2.46. The number of halogens is 1. The smallest absolute Gasteiger partial charge is 0.136 e. The van der Waals surface area contributed by atoms with Gasteiger partial charge in [0, 0.05) is 79.5 Å². The highest BCUT2D eigenvalue weighted by atomic mass is 32.2. The van der Waals surface area contributed by atoms with Crippen molar-refractivity contribution in [1.29, 1.82) is 0 Å². The fourth-order valence-electron chi connectivity index (χ4n) is 5.40. The number of allylic oxidation sites excluding steroid dienone is 3. The van der Waals surface area contributed by atoms with Crippen LogP contribution in [0.5, 0.6) is 0 Å². The Hall–Kier alpha value is -1.41. The molecule has 1 N–H and O–H groups in total. The summed E-state index contributed by atoms with van der Waals surface area (Å²) >= 11 is -0.778. The normalized spacial score (nSPS) is 36.9. The molecule has 5 atom stereocenters. The molecule has 4 heterocycles. The van der Waals surface area contributed by atoms with Crippen molar-refractivity contribution in [2.24, 2.45) is 10.9 Å². The molecule has 7 heteroatoms. The van der Waals surface area contributed by atoms with Crippen LogP contribution >= 0.6 is 0 Å². The third-order valence-electron chi connectivity index (χ3n) is 7.34. The lowest BCUT2D eigenvalue weighted by molar-refractivity contribution is 0.299. The number of rotatable bonds is 6. The number of hydrogen-bond donors (Lipinski definition) is 1. The van der Waals surface area contributed by atoms with E-state index >= 15 is 0 Å². The van der Waals surface area contributed by atoms with Gasteiger partial charge in [-0.25, -0.2) is 4.39 Å². The van der Waals surface area contributed by atoms with Gasteiger partial charge in [-0.15, -0.1) is 4.31 Å². The molecule has 4 aliphatic heterocycles. The van der Waals surface area contributed by atoms with Gasteiger partial charge in [0.15, 0.2) is 0 Å². The quantitative estimate of drug-likeness (QED) is 0.522. The first kappa shape index (κ1) is 19.3. The Morgan fingerprint density at radius 2 is 2.03 bits per heavy atom. The van der Waals surface area contributed by atoms with E-state index in [-0.39, 0.29) is 18.8 Å². The molecule has 0 amide bonds. The zero-order valence-corrected chi connectivity index (χ0v) is 18.0. The standard InChI is InChI=1S/C23H29FN4OS/c24-13-22-23-19(6-10-28(22)23)16-11-15-3-7-25-14-20(15)21(12-16)26-17-4-8-27(9-5-17)30(29)18-1-2-18/h6-7,11-12,14-15,17-18,22-23,26H,1-5,8-10,13H2. The minimum atomic E-state index is -0.778. The van der Waals surface area contributed by atoms with Crippen molar-refractivity contribution in [1.82, 2.24) is 14.5 Å². The number of nitrogens with zero attached hydrogens (tertiary/aromatic N) is 3. The predicted octanol–water partition coefficient (Wildman–Crippen LogP) is 2.63. The highest BCUT2D eigenvalue weighted by Crippen LogP contribution is 2.45. The predicted molar refractivity (Wildman–Crippen MR) is 118 cm³/mol. The summed E-state index contributed by atoms with van der Waals surface area (Å²) in [6, 6.07) is 0.739. The Morgan fingerprint density at radius 3 is 2.77 bits per heavy atom. The minimum Gasteiger partial charge on any atom is -0.598 e. The molecule has 0 aromatic carbocycles. The van der Waals surface area contributed by atoms with E-state index in [0.717, 1.165) is 51.7 Å². The van der Waals surface area contributed by atoms with Gasteiger partial charge < -0.3 is 9.87 Å². The molecule has 0 bridgehead atoms. The van der Waals surface area contributed by atoms with Crippen LogP contribution in [0.25, 0.3) is 0 Å². The van der Waals surface area contributed by atoms with Gasteiger partial charge in [-0.3, -0.25) is 9.89 Å². The zero-order valence-electron chi connectivity index (χ0n) is 17.2. The van der Waals surface area contributed by atoms with Crippen molar-refractivity contribution >= 4 is 17.6 Å². The molecule has 0 aromatic rings. The van der Waals surface area contributed by atoms with Crippen molar-refractivity contribution in [2.45, 2.75) is 55.5 Å². The summed E-state index contributed by atoms with van der Waals surface area (Å²) in [5.41, 5.74) is 4.99. The lowest BCUT2D eigenvalue weighted by atomic mass is 9.82. The van der Waals surface area contributed by atoms with E-state index in [1.807, 2.05) is 12.4 Å². The summed E-state index contributed by atoms with van der Waals surface area (Å²) in [5.74, 6) is 0.338. The first-order chi connectivity index (χ1) is 14.7. The van der Waals surface area contributed by atoms with Crippen LogP contribution in [0.15, 0.2) is 51.8 Å². The largest absolute Gasteiger partial charge is 0.598 e. The molecule has 30 heavy (non-hydrogen) atoms. The summed E-state index contributed by atoms with van der Waals surface area (Å²) in [4.78, 5) is 6.66. The fourth-order valence-corrected chi connectivity index (χ4v) is 6.93. The lowest BCUT2D eigenvalue weighted by Gasteiger charge is -2.35. The molecular formula is C23H29FN4OS. The van der Waals surface area contributed by atoms with Crippen LogP contribution in [-0.4, -0.2) is 69.7 Å². The van der Waals surface area contributed by atoms with Crippen molar-refractivity contribution in [3.63, 3.8) is 0 Å². The third kappa shape index (κ3) is 3.40. The van der Waals surface area contributed by atoms with Gasteiger partial charge in [-0.05, 0) is 36.5 Å². The molecule has 0 aromatic heterocycles. The maximum Gasteiger partial charge on any atom is 0.136 e. The molecule has 2 aliphatic carbocycles. The van der Waals surface area contributed by atoms with Crippen molar-refractivity contribution in [3.8, 4) is 0 Å². The Morgan fingerprint density at radius 1 is 1.20 bits per heavy atom. The molecule has 0 radical (unpaired) electrons. The second-order valence-corrected chi connectivity index (χ2v) is 11.0. The number of piperidine rings is 1. The molecule has 5 nitrogen and oxygen atoms in total. The van der Waals surface area contributed by atoms with Gasteiger partial charge in [-0.2, -0.15) is 0 Å². The Bertz CT molecular complexity index is 868. The number of hydrogen-bond acceptors (Lipinski definition) is 5. The number of fused-ring (bicyclic) bond motifs is 2. The number of nitrogens with one attached hydrogen (secondary N) is 1. The van der Waals surface area contributed by atoms with E-state index in [2.05, 4.69) is 37.7 Å². The van der Waals surface area contributed by atoms with Crippen LogP contribution in [0.2, 0.25) is 0 Å². The van der Waals surface area contributed by atoms with Crippen LogP contribution < -0.4 is 5.32 Å². The molecule has 3 fully saturated rings. The van der Waals surface area contributed by atoms with Gasteiger partial charge >= 0.3 is 0 Å². The SMILES string of the molecule is [O-][S+](C1CC1)N1CCC(NC2=CC(C3=CCN4C(CF)C34)=CC3CC=NC=C23)CC1. The van der Waals surface area contributed by atoms with Crippen LogP contribution in [0.1, 0.15) is 32.1 Å². The molecule has 5 unspecified atom stereocenters. The summed E-state index contributed by atoms with van der Waals surface area (Å²) in [5, 5.41) is 4.23. The summed E-state index contributed by atoms with van der Waals surface area (Å²) < 4.78 is 27.9. The molecule has 6 rings (SSSR count). The molecule has 0 spiro atoms. The van der Waals surface area contributed by atoms with E-state index in [1.54, 1.807) is 0 Å². The monoisotopic (exact) mass is 428 g/mol. The van der Waals surface area contributed by atoms with E-state index in [9.17, 15) is 8.94 Å². The molecule has 160 valence electrons. The van der Waals surface area contributed by atoms with Crippen LogP contribution in [0.3, 0.4) is 0 Å². The minimum absolute atomic E-state index is 0.0808. The zero-order chi connectivity index (χ0) is 20.2. The first-order valence-electron chi connectivity index (χ1n) is 11.3. The maximum absolute atomic E-state index is 13.3. The second kappa shape index (κ2) is 7.62. The van der Waals surface area contributed by atoms with E-state index in [4.69, 9.17) is 0 Å². The summed E-state index contributed by atoms with van der Waals surface area (Å²) in [6.45, 7) is 2.41. The van der Waals surface area contributed by atoms with Gasteiger partial charge in [0.2, 0.25) is 0 Å². The third-order valence-corrected chi connectivity index (χ3v) is 9.25. The molecule has 2 saturated heterocycles. The Balaban J connectivity index is 1.17. The van der Waals surface area contributed by atoms with Crippen molar-refractivity contribution in [2.75, 3.05) is 26.3 Å². The van der Waals surface area contributed by atoms with Crippen LogP contribution in [0.4, 0.5) is 4.39 Å². The van der Waals surface area contributed by atoms with Gasteiger partial charge in [0.25, 0.3) is 0 Å². The number of aliphatic imine (C=N–C) groups is 1. The van der Waals surface area contributed by atoms with E-state index in [1.165, 1.54) is 22.4 Å². The molecule has 6 aliphatic rings. The van der Waals surface area contributed by atoms with Gasteiger partial charge in [0.05, 0.1) is 12.1 Å². The number of alkyl halides is 1. The Kier molecular flexibility index (Phi) is 4.90. The summed E-state index contributed by atoms with van der Waals surface area (Å²) in [6.07, 6.45) is 16.1. The van der Waals surface area contributed by atoms with E-state index < -0.39 is 11.4 Å². The van der Waals surface area contributed by atoms with E-state index in [0.29, 0.717) is 17.2 Å². The van der Waals surface area contributed by atoms with Crippen LogP contribution in [0, 0.1) is 5.92 Å². The van der Waals surface area contributed by atoms with Gasteiger partial charge in [-0.1, -0.05) is 12.2 Å². The highest BCUT2D eigenvalue weighted by molar-refractivity contribution is 7.90. The first-order valence-corrected chi connectivity index (χ1v) is 12.5. The van der Waals surface area contributed by atoms with Crippen LogP contribution in [-0.2, 0) is 11.4 Å². The second-order valence-electron chi connectivity index (χ2n) is 9.28. The van der Waals surface area contributed by atoms with Crippen molar-refractivity contribution < 1.29 is 8.94 Å². The Labute approximate surface area is 180 Å². The average Bonchev–Trinajstić information content (AvgIpc) is 3.70. The topological polar surface area (TPSA) is 53.7 Å². The van der Waals surface area contributed by atoms with Gasteiger partial charge in [0.1, 0.15) is 11.9 Å². The summed E-state index contributed by atoms with van der Waals surface area (Å²) in [7, 11) is 0. The molecule has 1 saturated carbocycles. The van der Waals surface area contributed by atoms with Crippen molar-refractivity contribution in [3.05, 3.63) is 46.8 Å². The molecular weight excluding hydrogens is 399 g/mol.